The molecule has 2 heterocycles. The van der Waals surface area contributed by atoms with E-state index >= 15 is 0 Å². The molecule has 0 saturated carbocycles. The number of aromatic nitrogens is 2. The van der Waals surface area contributed by atoms with Crippen molar-refractivity contribution < 1.29 is 180 Å². The SMILES string of the molecule is O=S(=O)([O-])c1cc(N=Nc2cc(S(=O)(=O)[O-])c3cccnc3c2O)ccc1CCc1ccc(N=Nc2cc(S(=O)(=O)[O-])c3cccnc3c2O)cc1S(=O)(=O)[O-].[Na+].[Na+].[Na+].[Na+]. The third-order valence-electron chi connectivity index (χ3n) is 8.00. The van der Waals surface area contributed by atoms with E-state index in [4.69, 9.17) is 0 Å². The van der Waals surface area contributed by atoms with Crippen LogP contribution in [-0.4, -0.2) is 72.1 Å². The number of phenols is 2. The van der Waals surface area contributed by atoms with Crippen molar-refractivity contribution in [2.75, 3.05) is 0 Å². The van der Waals surface area contributed by atoms with E-state index in [-0.39, 0.29) is 175 Å². The van der Waals surface area contributed by atoms with Gasteiger partial charge in [-0.05, 0) is 84.6 Å². The molecular weight excluding hydrogens is 913 g/mol. The van der Waals surface area contributed by atoms with Gasteiger partial charge < -0.3 is 28.4 Å². The van der Waals surface area contributed by atoms with Crippen molar-refractivity contribution in [3.63, 3.8) is 0 Å². The van der Waals surface area contributed by atoms with Crippen molar-refractivity contribution >= 4 is 85.0 Å². The molecule has 0 aliphatic heterocycles. The molecule has 2 aromatic heterocycles. The first-order valence-electron chi connectivity index (χ1n) is 15.3. The Balaban J connectivity index is 0.00000310. The third kappa shape index (κ3) is 12.4. The largest absolute Gasteiger partial charge is 1.00 e. The number of aryl methyl sites for hydroxylation is 2. The molecule has 0 amide bonds. The van der Waals surface area contributed by atoms with Gasteiger partial charge in [0.15, 0.2) is 11.5 Å². The Bertz CT molecular complexity index is 2930. The van der Waals surface area contributed by atoms with Crippen LogP contribution >= 0.6 is 0 Å². The van der Waals surface area contributed by atoms with E-state index in [2.05, 4.69) is 30.4 Å². The van der Waals surface area contributed by atoms with E-state index in [9.17, 15) is 62.1 Å². The topological polar surface area (TPSA) is 344 Å². The Labute approximate surface area is 430 Å². The molecule has 0 aliphatic rings. The van der Waals surface area contributed by atoms with Crippen LogP contribution in [0.4, 0.5) is 22.7 Å². The van der Waals surface area contributed by atoms with Gasteiger partial charge in [0.25, 0.3) is 0 Å². The van der Waals surface area contributed by atoms with Crippen LogP contribution in [0.5, 0.6) is 11.5 Å². The molecule has 0 aliphatic carbocycles. The van der Waals surface area contributed by atoms with Crippen LogP contribution in [0, 0.1) is 0 Å². The average molecular weight is 933 g/mol. The molecule has 4 aromatic carbocycles. The van der Waals surface area contributed by atoms with Crippen molar-refractivity contribution in [2.45, 2.75) is 32.4 Å². The summed E-state index contributed by atoms with van der Waals surface area (Å²) in [6.07, 6.45) is 1.77. The van der Waals surface area contributed by atoms with Crippen LogP contribution in [-0.2, 0) is 53.3 Å². The fraction of sp³-hybridized carbons (Fsp3) is 0.0625. The summed E-state index contributed by atoms with van der Waals surface area (Å²) in [4.78, 5) is 4.55. The van der Waals surface area contributed by atoms with E-state index in [1.54, 1.807) is 0 Å². The number of aromatic hydroxyl groups is 2. The Kier molecular flexibility index (Phi) is 19.2. The van der Waals surface area contributed by atoms with Crippen LogP contribution in [0.25, 0.3) is 21.8 Å². The molecule has 0 unspecified atom stereocenters. The van der Waals surface area contributed by atoms with Crippen molar-refractivity contribution in [1.82, 2.24) is 9.97 Å². The first-order chi connectivity index (χ1) is 26.1. The summed E-state index contributed by atoms with van der Waals surface area (Å²) in [6.45, 7) is 0. The van der Waals surface area contributed by atoms with Crippen molar-refractivity contribution in [3.05, 3.63) is 96.3 Å². The second-order valence-corrected chi connectivity index (χ2v) is 17.0. The van der Waals surface area contributed by atoms with Gasteiger partial charge in [-0.2, -0.15) is 10.2 Å². The summed E-state index contributed by atoms with van der Waals surface area (Å²) in [7, 11) is -20.6. The van der Waals surface area contributed by atoms with Gasteiger partial charge in [-0.25, -0.2) is 33.7 Å². The van der Waals surface area contributed by atoms with Crippen LogP contribution < -0.4 is 118 Å². The molecule has 0 atom stereocenters. The summed E-state index contributed by atoms with van der Waals surface area (Å²) in [5, 5.41) is 35.8. The minimum Gasteiger partial charge on any atom is -0.744 e. The molecule has 290 valence electrons. The first kappa shape index (κ1) is 54.3. The summed E-state index contributed by atoms with van der Waals surface area (Å²) in [6, 6.07) is 12.9. The smallest absolute Gasteiger partial charge is 0.744 e. The zero-order valence-corrected chi connectivity index (χ0v) is 42.9. The molecule has 0 saturated heterocycles. The molecule has 0 bridgehead atoms. The minimum absolute atomic E-state index is 0. The van der Waals surface area contributed by atoms with Gasteiger partial charge in [0.1, 0.15) is 62.9 Å². The zero-order valence-electron chi connectivity index (χ0n) is 31.6. The number of nitrogens with zero attached hydrogens (tertiary/aromatic N) is 6. The van der Waals surface area contributed by atoms with Crippen molar-refractivity contribution in [1.29, 1.82) is 0 Å². The summed E-state index contributed by atoms with van der Waals surface area (Å²) in [5.41, 5.74) is -2.47. The Morgan fingerprint density at radius 3 is 1.12 bits per heavy atom. The molecule has 28 heteroatoms. The number of hydrogen-bond donors (Lipinski definition) is 2. The fourth-order valence-electron chi connectivity index (χ4n) is 5.52. The van der Waals surface area contributed by atoms with E-state index < -0.39 is 82.9 Å². The van der Waals surface area contributed by atoms with E-state index in [1.165, 1.54) is 48.8 Å². The predicted octanol–water partition coefficient (Wildman–Crippen LogP) is -7.56. The molecule has 6 rings (SSSR count). The van der Waals surface area contributed by atoms with Crippen LogP contribution in [0.1, 0.15) is 11.1 Å². The Hall–Kier alpha value is -1.86. The third-order valence-corrected chi connectivity index (χ3v) is 11.6. The van der Waals surface area contributed by atoms with Crippen molar-refractivity contribution in [2.24, 2.45) is 20.5 Å². The molecule has 6 aromatic rings. The quantitative estimate of drug-likeness (QED) is 0.0692. The standard InChI is InChI=1S/C32H24N6O14S4.4Na/c39-31-23(15-27(55(47,48)49)21-3-1-11-33-29(21)31)37-35-19-9-7-17(25(13-19)53(41,42)43)5-6-18-8-10-20(14-26(18)54(44,45)46)36-38-24-16-28(56(50,51)52)22-4-2-12-34-30(22)32(24)40;;;;/h1-4,7-16,39-40H,5-6H2,(H,41,42,43)(H,44,45,46)(H,47,48,49)(H,50,51,52);;;;/q;4*+1/p-4. The van der Waals surface area contributed by atoms with Gasteiger partial charge in [-0.15, -0.1) is 10.2 Å². The van der Waals surface area contributed by atoms with Gasteiger partial charge in [0.05, 0.1) is 31.0 Å². The Morgan fingerprint density at radius 1 is 0.467 bits per heavy atom. The number of fused-ring (bicyclic) bond motifs is 2. The predicted molar refractivity (Wildman–Crippen MR) is 187 cm³/mol. The molecular formula is C32H20N6Na4O14S4. The number of pyridine rings is 2. The molecule has 0 fully saturated rings. The molecule has 20 nitrogen and oxygen atoms in total. The van der Waals surface area contributed by atoms with E-state index in [0.29, 0.717) is 0 Å². The normalized spacial score (nSPS) is 12.1. The molecule has 2 N–H and O–H groups in total. The zero-order chi connectivity index (χ0) is 40.8. The van der Waals surface area contributed by atoms with Gasteiger partial charge >= 0.3 is 118 Å². The van der Waals surface area contributed by atoms with Gasteiger partial charge in [-0.3, -0.25) is 9.97 Å². The summed E-state index contributed by atoms with van der Waals surface area (Å²) < 4.78 is 145. The molecule has 0 spiro atoms. The second kappa shape index (κ2) is 21.2. The first-order valence-corrected chi connectivity index (χ1v) is 20.9. The van der Waals surface area contributed by atoms with Crippen LogP contribution in [0.2, 0.25) is 0 Å². The second-order valence-electron chi connectivity index (χ2n) is 11.6. The number of phenolic OH excluding ortho intramolecular Hbond substituents is 2. The van der Waals surface area contributed by atoms with Crippen LogP contribution in [0.3, 0.4) is 0 Å². The number of benzene rings is 4. The maximum absolute atomic E-state index is 12.3. The van der Waals surface area contributed by atoms with E-state index in [0.717, 1.165) is 36.4 Å². The minimum atomic E-state index is -5.24. The van der Waals surface area contributed by atoms with Gasteiger partial charge in [0, 0.05) is 23.2 Å². The number of azo groups is 2. The number of hydrogen-bond acceptors (Lipinski definition) is 20. The maximum atomic E-state index is 12.3. The molecule has 0 radical (unpaired) electrons. The van der Waals surface area contributed by atoms with Gasteiger partial charge in [-0.1, -0.05) is 12.1 Å². The monoisotopic (exact) mass is 932 g/mol. The van der Waals surface area contributed by atoms with Crippen molar-refractivity contribution in [3.8, 4) is 11.5 Å². The van der Waals surface area contributed by atoms with Crippen LogP contribution in [0.15, 0.2) is 125 Å². The maximum Gasteiger partial charge on any atom is 1.00 e. The summed E-state index contributed by atoms with van der Waals surface area (Å²) >= 11 is 0. The average Bonchev–Trinajstić information content (AvgIpc) is 3.12. The van der Waals surface area contributed by atoms with E-state index in [1.807, 2.05) is 0 Å². The van der Waals surface area contributed by atoms with Gasteiger partial charge in [0.2, 0.25) is 0 Å². The fourth-order valence-corrected chi connectivity index (χ4v) is 8.41. The molecule has 60 heavy (non-hydrogen) atoms. The summed E-state index contributed by atoms with van der Waals surface area (Å²) in [5.74, 6) is -1.32. The number of rotatable bonds is 11. The Morgan fingerprint density at radius 2 is 0.800 bits per heavy atom.